The van der Waals surface area contributed by atoms with Crippen LogP contribution in [-0.4, -0.2) is 22.3 Å². The fourth-order valence-electron chi connectivity index (χ4n) is 8.80. The molecule has 1 heterocycles. The first-order valence-electron chi connectivity index (χ1n) is 14.0. The van der Waals surface area contributed by atoms with E-state index in [9.17, 15) is 9.90 Å². The molecule has 0 radical (unpaired) electrons. The summed E-state index contributed by atoms with van der Waals surface area (Å²) in [5.41, 5.74) is 4.84. The monoisotopic (exact) mass is 474 g/mol. The van der Waals surface area contributed by atoms with E-state index in [-0.39, 0.29) is 17.1 Å². The molecule has 1 aromatic rings. The van der Waals surface area contributed by atoms with Crippen LogP contribution in [0.5, 0.6) is 11.5 Å². The van der Waals surface area contributed by atoms with E-state index in [2.05, 4.69) is 32.0 Å². The predicted octanol–water partition coefficient (Wildman–Crippen LogP) is 6.77. The van der Waals surface area contributed by atoms with Crippen LogP contribution in [0.15, 0.2) is 41.0 Å². The third-order valence-corrected chi connectivity index (χ3v) is 10.9. The van der Waals surface area contributed by atoms with Crippen molar-refractivity contribution in [3.05, 3.63) is 46.6 Å². The lowest BCUT2D eigenvalue weighted by Crippen LogP contribution is -2.50. The lowest BCUT2D eigenvalue weighted by atomic mass is 9.51. The molecule has 1 aromatic carbocycles. The molecule has 1 aliphatic heterocycles. The molecule has 0 saturated heterocycles. The number of ether oxygens (including phenoxy) is 2. The van der Waals surface area contributed by atoms with E-state index < -0.39 is 11.4 Å². The molecule has 3 saturated carbocycles. The van der Waals surface area contributed by atoms with E-state index in [1.807, 2.05) is 6.08 Å². The first-order valence-corrected chi connectivity index (χ1v) is 14.0. The molecule has 4 nitrogen and oxygen atoms in total. The van der Waals surface area contributed by atoms with Crippen molar-refractivity contribution >= 4 is 5.78 Å². The first kappa shape index (κ1) is 22.2. The highest BCUT2D eigenvalue weighted by Gasteiger charge is 2.61. The Morgan fingerprint density at radius 1 is 0.943 bits per heavy atom. The predicted molar refractivity (Wildman–Crippen MR) is 134 cm³/mol. The fourth-order valence-corrected chi connectivity index (χ4v) is 8.80. The summed E-state index contributed by atoms with van der Waals surface area (Å²) in [6.45, 7) is 4.42. The third-order valence-electron chi connectivity index (χ3n) is 10.9. The lowest BCUT2D eigenvalue weighted by molar-refractivity contribution is -0.114. The number of hydrogen-bond acceptors (Lipinski definition) is 4. The topological polar surface area (TPSA) is 55.8 Å². The molecule has 0 bridgehead atoms. The Bertz CT molecular complexity index is 1150. The van der Waals surface area contributed by atoms with Gasteiger partial charge in [0.2, 0.25) is 0 Å². The molecule has 186 valence electrons. The summed E-state index contributed by atoms with van der Waals surface area (Å²) in [7, 11) is 0. The van der Waals surface area contributed by atoms with Crippen molar-refractivity contribution in [1.29, 1.82) is 0 Å². The van der Waals surface area contributed by atoms with Gasteiger partial charge in [-0.25, -0.2) is 0 Å². The number of allylic oxidation sites excluding steroid dienone is 4. The van der Waals surface area contributed by atoms with Gasteiger partial charge in [0.25, 0.3) is 5.79 Å². The van der Waals surface area contributed by atoms with Gasteiger partial charge >= 0.3 is 0 Å². The zero-order valence-corrected chi connectivity index (χ0v) is 21.2. The Balaban J connectivity index is 1.33. The number of benzene rings is 1. The molecule has 6 aliphatic rings. The molecule has 0 amide bonds. The second-order valence-electron chi connectivity index (χ2n) is 12.7. The van der Waals surface area contributed by atoms with Crippen LogP contribution >= 0.6 is 0 Å². The maximum absolute atomic E-state index is 12.3. The van der Waals surface area contributed by atoms with Gasteiger partial charge in [0.15, 0.2) is 17.3 Å². The largest absolute Gasteiger partial charge is 0.448 e. The minimum Gasteiger partial charge on any atom is -0.448 e. The Morgan fingerprint density at radius 2 is 1.74 bits per heavy atom. The maximum Gasteiger partial charge on any atom is 0.251 e. The lowest BCUT2D eigenvalue weighted by Gasteiger charge is -2.54. The summed E-state index contributed by atoms with van der Waals surface area (Å²) in [5, 5.41) is 11.6. The van der Waals surface area contributed by atoms with Crippen LogP contribution in [0.2, 0.25) is 0 Å². The van der Waals surface area contributed by atoms with Crippen molar-refractivity contribution < 1.29 is 19.4 Å². The summed E-state index contributed by atoms with van der Waals surface area (Å²) in [4.78, 5) is 12.3. The highest BCUT2D eigenvalue weighted by atomic mass is 16.7. The fraction of sp³-hybridized carbons (Fsp3) is 0.645. The van der Waals surface area contributed by atoms with Gasteiger partial charge in [-0.2, -0.15) is 0 Å². The van der Waals surface area contributed by atoms with Gasteiger partial charge in [0, 0.05) is 30.6 Å². The van der Waals surface area contributed by atoms with Gasteiger partial charge in [-0.15, -0.1) is 0 Å². The summed E-state index contributed by atoms with van der Waals surface area (Å²) in [6.07, 6.45) is 14.0. The Morgan fingerprint density at radius 3 is 2.57 bits per heavy atom. The number of fused-ring (bicyclic) bond motifs is 5. The van der Waals surface area contributed by atoms with Crippen LogP contribution in [0.1, 0.15) is 102 Å². The molecule has 3 fully saturated rings. The van der Waals surface area contributed by atoms with Crippen LogP contribution in [-0.2, 0) is 4.79 Å². The van der Waals surface area contributed by atoms with E-state index in [1.165, 1.54) is 23.1 Å². The molecule has 0 unspecified atom stereocenters. The molecule has 5 atom stereocenters. The van der Waals surface area contributed by atoms with Gasteiger partial charge in [0.05, 0.1) is 5.60 Å². The van der Waals surface area contributed by atoms with E-state index >= 15 is 0 Å². The molecular weight excluding hydrogens is 436 g/mol. The van der Waals surface area contributed by atoms with E-state index in [1.54, 1.807) is 5.57 Å². The van der Waals surface area contributed by atoms with Crippen molar-refractivity contribution in [2.75, 3.05) is 0 Å². The van der Waals surface area contributed by atoms with Gasteiger partial charge in [-0.05, 0) is 105 Å². The van der Waals surface area contributed by atoms with Crippen molar-refractivity contribution in [2.45, 2.75) is 108 Å². The van der Waals surface area contributed by atoms with Crippen LogP contribution in [0.4, 0.5) is 0 Å². The van der Waals surface area contributed by atoms with Gasteiger partial charge < -0.3 is 14.6 Å². The summed E-state index contributed by atoms with van der Waals surface area (Å²) < 4.78 is 12.9. The zero-order valence-electron chi connectivity index (χ0n) is 21.2. The zero-order chi connectivity index (χ0) is 24.0. The number of hydrogen-bond donors (Lipinski definition) is 1. The second-order valence-corrected chi connectivity index (χ2v) is 12.7. The number of rotatable bonds is 1. The second kappa shape index (κ2) is 7.47. The van der Waals surface area contributed by atoms with Crippen LogP contribution in [0, 0.1) is 17.3 Å². The highest BCUT2D eigenvalue weighted by Crippen LogP contribution is 2.67. The van der Waals surface area contributed by atoms with Crippen LogP contribution in [0.3, 0.4) is 0 Å². The summed E-state index contributed by atoms with van der Waals surface area (Å²) in [5.74, 6) is 2.83. The average molecular weight is 475 g/mol. The van der Waals surface area contributed by atoms with Crippen molar-refractivity contribution in [2.24, 2.45) is 17.3 Å². The van der Waals surface area contributed by atoms with Crippen molar-refractivity contribution in [1.82, 2.24) is 0 Å². The standard InChI is InChI=1S/C31H38O4/c1-29-18-24(20-7-11-26-27(17-20)35-31(34-26)13-4-3-5-14-31)28-22-10-8-21(32)16-19(22)6-9-23(28)25(29)12-15-30(29,2)33/h7,11,16-17,23-25,33H,3-6,8-10,12-15,18H2,1-2H3/t23-,24+,25-,29-,30-/m0/s1. The Hall–Kier alpha value is -2.07. The minimum atomic E-state index is -0.646. The van der Waals surface area contributed by atoms with E-state index in [0.717, 1.165) is 75.7 Å². The Kier molecular flexibility index (Phi) is 4.73. The smallest absolute Gasteiger partial charge is 0.251 e. The molecular formula is C31H38O4. The van der Waals surface area contributed by atoms with Gasteiger partial charge in [-0.1, -0.05) is 25.0 Å². The summed E-state index contributed by atoms with van der Waals surface area (Å²) in [6, 6.07) is 6.62. The minimum absolute atomic E-state index is 0.112. The molecule has 5 aliphatic carbocycles. The Labute approximate surface area is 208 Å². The van der Waals surface area contributed by atoms with E-state index in [0.29, 0.717) is 18.3 Å². The molecule has 0 aromatic heterocycles. The van der Waals surface area contributed by atoms with Crippen molar-refractivity contribution in [3.63, 3.8) is 0 Å². The molecule has 7 rings (SSSR count). The molecule has 1 N–H and O–H groups in total. The normalized spacial score (nSPS) is 39.2. The molecule has 4 heteroatoms. The van der Waals surface area contributed by atoms with Crippen LogP contribution in [0.25, 0.3) is 0 Å². The highest BCUT2D eigenvalue weighted by molar-refractivity contribution is 5.93. The molecule has 1 spiro atoms. The SMILES string of the molecule is C[C@]1(O)CC[C@H]2[C@@H]3CCC4=CC(=O)CCC4=C3[C@@H](c3ccc4c(c3)OC3(CCCCC3)O4)C[C@@]21C. The van der Waals surface area contributed by atoms with Crippen molar-refractivity contribution in [3.8, 4) is 11.5 Å². The number of carbonyl (C=O) groups excluding carboxylic acids is 1. The van der Waals surface area contributed by atoms with Gasteiger partial charge in [-0.3, -0.25) is 4.79 Å². The summed E-state index contributed by atoms with van der Waals surface area (Å²) >= 11 is 0. The maximum atomic E-state index is 12.3. The number of carbonyl (C=O) groups is 1. The molecule has 35 heavy (non-hydrogen) atoms. The van der Waals surface area contributed by atoms with Crippen LogP contribution < -0.4 is 9.47 Å². The number of ketones is 1. The quantitative estimate of drug-likeness (QED) is 0.488. The number of aliphatic hydroxyl groups is 1. The first-order chi connectivity index (χ1) is 16.8. The van der Waals surface area contributed by atoms with Gasteiger partial charge in [0.1, 0.15) is 0 Å². The van der Waals surface area contributed by atoms with E-state index in [4.69, 9.17) is 9.47 Å². The third kappa shape index (κ3) is 3.17. The average Bonchev–Trinajstić information content (AvgIpc) is 3.30.